The summed E-state index contributed by atoms with van der Waals surface area (Å²) in [6, 6.07) is 16.7. The van der Waals surface area contributed by atoms with Crippen LogP contribution in [0.3, 0.4) is 0 Å². The molecule has 164 valence electrons. The van der Waals surface area contributed by atoms with Gasteiger partial charge in [0.15, 0.2) is 0 Å². The Morgan fingerprint density at radius 2 is 1.74 bits per heavy atom. The molecule has 0 bridgehead atoms. The van der Waals surface area contributed by atoms with Gasteiger partial charge in [0.2, 0.25) is 5.91 Å². The Bertz CT molecular complexity index is 1110. The molecule has 0 saturated carbocycles. The SMILES string of the molecule is CCn1c(=O)n(CCC(=O)NC2CCN(Cc3cccc(C)c3)CC2)c2ccccc21. The first kappa shape index (κ1) is 21.4. The highest BCUT2D eigenvalue weighted by molar-refractivity contribution is 5.78. The number of hydrogen-bond donors (Lipinski definition) is 1. The number of aromatic nitrogens is 2. The first-order valence-electron chi connectivity index (χ1n) is 11.3. The van der Waals surface area contributed by atoms with Crippen LogP contribution in [0.25, 0.3) is 11.0 Å². The highest BCUT2D eigenvalue weighted by atomic mass is 16.2. The Kier molecular flexibility index (Phi) is 6.56. The molecule has 3 aromatic rings. The molecule has 6 heteroatoms. The maximum absolute atomic E-state index is 12.7. The van der Waals surface area contributed by atoms with Crippen molar-refractivity contribution in [2.45, 2.75) is 58.8 Å². The average Bonchev–Trinajstić information content (AvgIpc) is 3.04. The molecule has 4 rings (SSSR count). The summed E-state index contributed by atoms with van der Waals surface area (Å²) < 4.78 is 3.49. The summed E-state index contributed by atoms with van der Waals surface area (Å²) in [6.45, 7) is 8.07. The molecular formula is C25H32N4O2. The molecule has 0 radical (unpaired) electrons. The van der Waals surface area contributed by atoms with Gasteiger partial charge in [-0.15, -0.1) is 0 Å². The molecule has 0 unspecified atom stereocenters. The fourth-order valence-electron chi connectivity index (χ4n) is 4.61. The third-order valence-corrected chi connectivity index (χ3v) is 6.25. The number of benzene rings is 2. The fourth-order valence-corrected chi connectivity index (χ4v) is 4.61. The zero-order chi connectivity index (χ0) is 21.8. The van der Waals surface area contributed by atoms with Crippen molar-refractivity contribution in [1.82, 2.24) is 19.4 Å². The lowest BCUT2D eigenvalue weighted by Gasteiger charge is -2.32. The second kappa shape index (κ2) is 9.52. The standard InChI is InChI=1S/C25H32N4O2/c1-3-28-22-9-4-5-10-23(22)29(25(28)31)16-13-24(30)26-21-11-14-27(15-12-21)18-20-8-6-7-19(2)17-20/h4-10,17,21H,3,11-16,18H2,1-2H3,(H,26,30). The van der Waals surface area contributed by atoms with Crippen LogP contribution in [-0.4, -0.2) is 39.1 Å². The van der Waals surface area contributed by atoms with Crippen LogP contribution < -0.4 is 11.0 Å². The normalized spacial score (nSPS) is 15.4. The molecule has 31 heavy (non-hydrogen) atoms. The summed E-state index contributed by atoms with van der Waals surface area (Å²) in [4.78, 5) is 27.7. The molecule has 2 heterocycles. The predicted octanol–water partition coefficient (Wildman–Crippen LogP) is 3.30. The van der Waals surface area contributed by atoms with Crippen molar-refractivity contribution in [2.75, 3.05) is 13.1 Å². The van der Waals surface area contributed by atoms with Crippen molar-refractivity contribution in [1.29, 1.82) is 0 Å². The number of amides is 1. The lowest BCUT2D eigenvalue weighted by molar-refractivity contribution is -0.122. The quantitative estimate of drug-likeness (QED) is 0.638. The van der Waals surface area contributed by atoms with Crippen molar-refractivity contribution in [2.24, 2.45) is 0 Å². The Hall–Kier alpha value is -2.86. The third kappa shape index (κ3) is 4.90. The van der Waals surface area contributed by atoms with Crippen molar-refractivity contribution in [3.63, 3.8) is 0 Å². The van der Waals surface area contributed by atoms with Crippen LogP contribution in [0, 0.1) is 6.92 Å². The molecule has 2 aromatic carbocycles. The monoisotopic (exact) mass is 420 g/mol. The Labute approximate surface area is 183 Å². The first-order chi connectivity index (χ1) is 15.0. The molecule has 1 aromatic heterocycles. The molecule has 1 fully saturated rings. The number of nitrogens with one attached hydrogen (secondary N) is 1. The van der Waals surface area contributed by atoms with Crippen LogP contribution in [0.15, 0.2) is 53.3 Å². The second-order valence-electron chi connectivity index (χ2n) is 8.52. The van der Waals surface area contributed by atoms with Crippen LogP contribution in [-0.2, 0) is 24.4 Å². The van der Waals surface area contributed by atoms with E-state index in [0.717, 1.165) is 43.5 Å². The van der Waals surface area contributed by atoms with Gasteiger partial charge in [0.1, 0.15) is 0 Å². The zero-order valence-corrected chi connectivity index (χ0v) is 18.5. The number of imidazole rings is 1. The molecule has 1 N–H and O–H groups in total. The van der Waals surface area contributed by atoms with Crippen molar-refractivity contribution < 1.29 is 4.79 Å². The number of aryl methyl sites for hydroxylation is 3. The minimum atomic E-state index is -0.0408. The third-order valence-electron chi connectivity index (χ3n) is 6.25. The van der Waals surface area contributed by atoms with Gasteiger partial charge in [0, 0.05) is 45.2 Å². The number of hydrogen-bond acceptors (Lipinski definition) is 3. The minimum absolute atomic E-state index is 0.0253. The number of carbonyl (C=O) groups excluding carboxylic acids is 1. The van der Waals surface area contributed by atoms with E-state index in [0.29, 0.717) is 19.5 Å². The second-order valence-corrected chi connectivity index (χ2v) is 8.52. The van der Waals surface area contributed by atoms with Crippen LogP contribution >= 0.6 is 0 Å². The van der Waals surface area contributed by atoms with Crippen LogP contribution in [0.2, 0.25) is 0 Å². The van der Waals surface area contributed by atoms with Gasteiger partial charge in [-0.25, -0.2) is 4.79 Å². The van der Waals surface area contributed by atoms with Gasteiger partial charge >= 0.3 is 5.69 Å². The molecule has 1 aliphatic heterocycles. The van der Waals surface area contributed by atoms with E-state index in [4.69, 9.17) is 0 Å². The van der Waals surface area contributed by atoms with Crippen LogP contribution in [0.5, 0.6) is 0 Å². The van der Waals surface area contributed by atoms with Gasteiger partial charge < -0.3 is 5.32 Å². The number of rotatable bonds is 7. The number of fused-ring (bicyclic) bond motifs is 1. The highest BCUT2D eigenvalue weighted by Gasteiger charge is 2.21. The summed E-state index contributed by atoms with van der Waals surface area (Å²) in [5.41, 5.74) is 4.42. The molecule has 1 saturated heterocycles. The molecule has 1 amide bonds. The number of piperidine rings is 1. The average molecular weight is 421 g/mol. The molecule has 0 aliphatic carbocycles. The Morgan fingerprint density at radius 1 is 1.03 bits per heavy atom. The Morgan fingerprint density at radius 3 is 2.42 bits per heavy atom. The molecule has 0 spiro atoms. The van der Waals surface area contributed by atoms with Gasteiger partial charge in [-0.2, -0.15) is 0 Å². The van der Waals surface area contributed by atoms with Crippen LogP contribution in [0.4, 0.5) is 0 Å². The number of carbonyl (C=O) groups is 1. The van der Waals surface area contributed by atoms with E-state index in [-0.39, 0.29) is 17.6 Å². The van der Waals surface area contributed by atoms with Gasteiger partial charge in [-0.3, -0.25) is 18.8 Å². The van der Waals surface area contributed by atoms with Gasteiger partial charge in [0.05, 0.1) is 11.0 Å². The van der Waals surface area contributed by atoms with E-state index in [1.807, 2.05) is 31.2 Å². The smallest absolute Gasteiger partial charge is 0.329 e. The zero-order valence-electron chi connectivity index (χ0n) is 18.5. The van der Waals surface area contributed by atoms with Gasteiger partial charge in [-0.05, 0) is 44.4 Å². The van der Waals surface area contributed by atoms with Gasteiger partial charge in [0.25, 0.3) is 0 Å². The minimum Gasteiger partial charge on any atom is -0.353 e. The summed E-state index contributed by atoms with van der Waals surface area (Å²) >= 11 is 0. The van der Waals surface area contributed by atoms with E-state index in [1.54, 1.807) is 9.13 Å². The van der Waals surface area contributed by atoms with Crippen molar-refractivity contribution in [3.05, 3.63) is 70.1 Å². The predicted molar refractivity (Wildman–Crippen MR) is 124 cm³/mol. The van der Waals surface area contributed by atoms with Crippen LogP contribution in [0.1, 0.15) is 37.3 Å². The molecule has 6 nitrogen and oxygen atoms in total. The lowest BCUT2D eigenvalue weighted by Crippen LogP contribution is -2.44. The first-order valence-corrected chi connectivity index (χ1v) is 11.3. The lowest BCUT2D eigenvalue weighted by atomic mass is 10.0. The largest absolute Gasteiger partial charge is 0.353 e. The summed E-state index contributed by atoms with van der Waals surface area (Å²) in [5.74, 6) is 0.0253. The van der Waals surface area contributed by atoms with E-state index >= 15 is 0 Å². The Balaban J connectivity index is 1.28. The van der Waals surface area contributed by atoms with E-state index < -0.39 is 0 Å². The van der Waals surface area contributed by atoms with E-state index in [1.165, 1.54) is 11.1 Å². The maximum Gasteiger partial charge on any atom is 0.329 e. The fraction of sp³-hybridized carbons (Fsp3) is 0.440. The topological polar surface area (TPSA) is 59.3 Å². The highest BCUT2D eigenvalue weighted by Crippen LogP contribution is 2.16. The van der Waals surface area contributed by atoms with E-state index in [2.05, 4.69) is 41.4 Å². The summed E-state index contributed by atoms with van der Waals surface area (Å²) in [7, 11) is 0. The van der Waals surface area contributed by atoms with Crippen molar-refractivity contribution >= 4 is 16.9 Å². The van der Waals surface area contributed by atoms with Crippen molar-refractivity contribution in [3.8, 4) is 0 Å². The molecule has 1 aliphatic rings. The van der Waals surface area contributed by atoms with Gasteiger partial charge in [-0.1, -0.05) is 42.0 Å². The number of nitrogens with zero attached hydrogens (tertiary/aromatic N) is 3. The number of likely N-dealkylation sites (tertiary alicyclic amines) is 1. The summed E-state index contributed by atoms with van der Waals surface area (Å²) in [6.07, 6.45) is 2.25. The maximum atomic E-state index is 12.7. The van der Waals surface area contributed by atoms with E-state index in [9.17, 15) is 9.59 Å². The summed E-state index contributed by atoms with van der Waals surface area (Å²) in [5, 5.41) is 3.18. The molecule has 0 atom stereocenters. The molecular weight excluding hydrogens is 388 g/mol. The number of para-hydroxylation sites is 2.